The van der Waals surface area contributed by atoms with E-state index in [2.05, 4.69) is 17.6 Å². The van der Waals surface area contributed by atoms with Crippen LogP contribution in [0.25, 0.3) is 6.08 Å². The Morgan fingerprint density at radius 1 is 1.22 bits per heavy atom. The summed E-state index contributed by atoms with van der Waals surface area (Å²) in [7, 11) is 2.33. The predicted molar refractivity (Wildman–Crippen MR) is 72.0 cm³/mol. The van der Waals surface area contributed by atoms with Crippen LogP contribution >= 0.6 is 0 Å². The first-order valence-electron chi connectivity index (χ1n) is 5.99. The Balaban J connectivity index is 1.86. The Kier molecular flexibility index (Phi) is 4.80. The molecular formula is C13H18NO3Si. The van der Waals surface area contributed by atoms with Gasteiger partial charge in [0.2, 0.25) is 0 Å². The van der Waals surface area contributed by atoms with Gasteiger partial charge in [0.1, 0.15) is 0 Å². The lowest BCUT2D eigenvalue weighted by molar-refractivity contribution is 0.220. The Bertz CT molecular complexity index is 418. The van der Waals surface area contributed by atoms with Gasteiger partial charge in [-0.05, 0) is 31.0 Å². The average Bonchev–Trinajstić information content (AvgIpc) is 2.43. The van der Waals surface area contributed by atoms with E-state index in [0.29, 0.717) is 0 Å². The van der Waals surface area contributed by atoms with E-state index >= 15 is 0 Å². The van der Waals surface area contributed by atoms with Gasteiger partial charge in [0.15, 0.2) is 5.75 Å². The summed E-state index contributed by atoms with van der Waals surface area (Å²) >= 11 is 0. The van der Waals surface area contributed by atoms with Crippen molar-refractivity contribution in [2.75, 3.05) is 14.2 Å². The third-order valence-electron chi connectivity index (χ3n) is 2.82. The van der Waals surface area contributed by atoms with Crippen molar-refractivity contribution >= 4 is 15.4 Å². The number of hydroxylamine groups is 1. The standard InChI is InChI=1S/C13H18NO3Si/c1-15-18(16-2)9-5-7-12-10-11-6-3-4-8-13(11)17-14-12/h3-4,6,8,10,14H,5,7,9H2,1-2H3. The second-order valence-corrected chi connectivity index (χ2v) is 6.11. The number of fused-ring (bicyclic) bond motifs is 1. The van der Waals surface area contributed by atoms with Crippen LogP contribution in [0.3, 0.4) is 0 Å². The third-order valence-corrected chi connectivity index (χ3v) is 4.50. The van der Waals surface area contributed by atoms with Gasteiger partial charge in [0.25, 0.3) is 0 Å². The first-order chi connectivity index (χ1) is 8.83. The fraction of sp³-hybridized carbons (Fsp3) is 0.385. The van der Waals surface area contributed by atoms with E-state index in [4.69, 9.17) is 13.7 Å². The van der Waals surface area contributed by atoms with Crippen molar-refractivity contribution in [3.8, 4) is 5.75 Å². The first-order valence-corrected chi connectivity index (χ1v) is 7.52. The van der Waals surface area contributed by atoms with Gasteiger partial charge in [-0.3, -0.25) is 0 Å². The molecule has 1 aliphatic rings. The molecule has 4 nitrogen and oxygen atoms in total. The van der Waals surface area contributed by atoms with Crippen molar-refractivity contribution < 1.29 is 13.7 Å². The van der Waals surface area contributed by atoms with E-state index in [1.807, 2.05) is 18.2 Å². The van der Waals surface area contributed by atoms with Gasteiger partial charge < -0.3 is 13.7 Å². The second kappa shape index (κ2) is 6.58. The summed E-state index contributed by atoms with van der Waals surface area (Å²) in [5, 5.41) is 0. The zero-order valence-electron chi connectivity index (χ0n) is 10.7. The van der Waals surface area contributed by atoms with Crippen LogP contribution in [-0.4, -0.2) is 23.5 Å². The number of hydrogen-bond acceptors (Lipinski definition) is 4. The molecule has 0 aliphatic carbocycles. The Morgan fingerprint density at radius 2 is 2.00 bits per heavy atom. The van der Waals surface area contributed by atoms with Crippen molar-refractivity contribution in [1.29, 1.82) is 0 Å². The van der Waals surface area contributed by atoms with Gasteiger partial charge >= 0.3 is 9.28 Å². The van der Waals surface area contributed by atoms with Gasteiger partial charge in [-0.25, -0.2) is 5.48 Å². The first kappa shape index (κ1) is 13.1. The molecule has 1 aromatic carbocycles. The summed E-state index contributed by atoms with van der Waals surface area (Å²) in [5.74, 6) is 0.875. The number of para-hydroxylation sites is 1. The van der Waals surface area contributed by atoms with Crippen molar-refractivity contribution in [3.63, 3.8) is 0 Å². The molecule has 1 aliphatic heterocycles. The van der Waals surface area contributed by atoms with E-state index < -0.39 is 9.28 Å². The molecule has 0 atom stereocenters. The minimum Gasteiger partial charge on any atom is -0.397 e. The lowest BCUT2D eigenvalue weighted by atomic mass is 10.1. The van der Waals surface area contributed by atoms with E-state index in [0.717, 1.165) is 35.9 Å². The normalized spacial score (nSPS) is 13.6. The third kappa shape index (κ3) is 3.35. The lowest BCUT2D eigenvalue weighted by Crippen LogP contribution is -2.22. The van der Waals surface area contributed by atoms with Crippen LogP contribution in [0.2, 0.25) is 6.04 Å². The fourth-order valence-electron chi connectivity index (χ4n) is 1.86. The van der Waals surface area contributed by atoms with Crippen molar-refractivity contribution in [2.45, 2.75) is 18.9 Å². The molecule has 97 valence electrons. The van der Waals surface area contributed by atoms with E-state index in [1.165, 1.54) is 0 Å². The lowest BCUT2D eigenvalue weighted by Gasteiger charge is -2.19. The number of hydrogen-bond donors (Lipinski definition) is 1. The summed E-state index contributed by atoms with van der Waals surface area (Å²) in [5.41, 5.74) is 5.20. The minimum atomic E-state index is -1.08. The quantitative estimate of drug-likeness (QED) is 0.801. The number of nitrogens with one attached hydrogen (secondary N) is 1. The van der Waals surface area contributed by atoms with E-state index in [1.54, 1.807) is 14.2 Å². The Hall–Kier alpha value is -1.30. The van der Waals surface area contributed by atoms with Crippen LogP contribution in [0.5, 0.6) is 5.75 Å². The molecule has 0 spiro atoms. The summed E-state index contributed by atoms with van der Waals surface area (Å²) in [6, 6.07) is 8.95. The summed E-state index contributed by atoms with van der Waals surface area (Å²) < 4.78 is 10.5. The molecule has 0 aromatic heterocycles. The molecular weight excluding hydrogens is 246 g/mol. The van der Waals surface area contributed by atoms with Crippen LogP contribution in [0, 0.1) is 0 Å². The molecule has 2 rings (SSSR count). The number of benzene rings is 1. The minimum absolute atomic E-state index is 0.875. The van der Waals surface area contributed by atoms with Crippen molar-refractivity contribution in [3.05, 3.63) is 35.5 Å². The monoisotopic (exact) mass is 264 g/mol. The molecule has 0 amide bonds. The van der Waals surface area contributed by atoms with Crippen molar-refractivity contribution in [1.82, 2.24) is 5.48 Å². The molecule has 5 heteroatoms. The molecule has 0 saturated heterocycles. The zero-order valence-corrected chi connectivity index (χ0v) is 11.7. The van der Waals surface area contributed by atoms with Gasteiger partial charge in [0.05, 0.1) is 0 Å². The molecule has 0 saturated carbocycles. The Labute approximate surface area is 109 Å². The Morgan fingerprint density at radius 3 is 2.78 bits per heavy atom. The fourth-order valence-corrected chi connectivity index (χ4v) is 2.90. The second-order valence-electron chi connectivity index (χ2n) is 4.05. The molecule has 18 heavy (non-hydrogen) atoms. The predicted octanol–water partition coefficient (Wildman–Crippen LogP) is 2.49. The largest absolute Gasteiger partial charge is 0.397 e. The zero-order chi connectivity index (χ0) is 12.8. The molecule has 0 unspecified atom stereocenters. The van der Waals surface area contributed by atoms with Crippen LogP contribution in [-0.2, 0) is 8.85 Å². The van der Waals surface area contributed by atoms with Gasteiger partial charge in [-0.15, -0.1) is 0 Å². The van der Waals surface area contributed by atoms with Gasteiger partial charge in [0, 0.05) is 25.5 Å². The number of allylic oxidation sites excluding steroid dienone is 1. The molecule has 1 N–H and O–H groups in total. The topological polar surface area (TPSA) is 39.7 Å². The maximum Gasteiger partial charge on any atom is 0.384 e. The highest BCUT2D eigenvalue weighted by molar-refractivity contribution is 6.44. The summed E-state index contributed by atoms with van der Waals surface area (Å²) in [4.78, 5) is 5.47. The van der Waals surface area contributed by atoms with Crippen molar-refractivity contribution in [2.24, 2.45) is 0 Å². The molecule has 1 aromatic rings. The van der Waals surface area contributed by atoms with Crippen LogP contribution in [0.4, 0.5) is 0 Å². The maximum absolute atomic E-state index is 5.47. The SMILES string of the molecule is CO[Si](CCCC1=Cc2ccccc2ON1)OC. The highest BCUT2D eigenvalue weighted by atomic mass is 28.3. The van der Waals surface area contributed by atoms with Crippen LogP contribution in [0.1, 0.15) is 18.4 Å². The maximum atomic E-state index is 5.47. The van der Waals surface area contributed by atoms with Gasteiger partial charge in [-0.2, -0.15) is 0 Å². The highest BCUT2D eigenvalue weighted by Crippen LogP contribution is 2.25. The van der Waals surface area contributed by atoms with Gasteiger partial charge in [-0.1, -0.05) is 18.2 Å². The van der Waals surface area contributed by atoms with E-state index in [9.17, 15) is 0 Å². The summed E-state index contributed by atoms with van der Waals surface area (Å²) in [6.45, 7) is 0. The molecule has 1 radical (unpaired) electrons. The summed E-state index contributed by atoms with van der Waals surface area (Å²) in [6.07, 6.45) is 4.10. The molecule has 0 bridgehead atoms. The average molecular weight is 264 g/mol. The molecule has 0 fully saturated rings. The van der Waals surface area contributed by atoms with Crippen LogP contribution < -0.4 is 10.3 Å². The van der Waals surface area contributed by atoms with Crippen LogP contribution in [0.15, 0.2) is 30.0 Å². The highest BCUT2D eigenvalue weighted by Gasteiger charge is 2.14. The van der Waals surface area contributed by atoms with E-state index in [-0.39, 0.29) is 0 Å². The number of rotatable bonds is 6. The smallest absolute Gasteiger partial charge is 0.384 e. The molecule has 1 heterocycles.